The fourth-order valence-electron chi connectivity index (χ4n) is 3.96. The van der Waals surface area contributed by atoms with Gasteiger partial charge in [-0.25, -0.2) is 8.42 Å². The fraction of sp³-hybridized carbons (Fsp3) is 0.304. The molecule has 1 saturated heterocycles. The molecule has 0 aliphatic carbocycles. The van der Waals surface area contributed by atoms with Gasteiger partial charge in [0.05, 0.1) is 18.5 Å². The Morgan fingerprint density at radius 3 is 2.41 bits per heavy atom. The summed E-state index contributed by atoms with van der Waals surface area (Å²) in [5, 5.41) is 4.15. The van der Waals surface area contributed by atoms with Gasteiger partial charge in [0.1, 0.15) is 9.96 Å². The zero-order valence-electron chi connectivity index (χ0n) is 18.1. The first-order valence-corrected chi connectivity index (χ1v) is 13.0. The van der Waals surface area contributed by atoms with Gasteiger partial charge < -0.3 is 15.0 Å². The van der Waals surface area contributed by atoms with Gasteiger partial charge in [-0.2, -0.15) is 0 Å². The first-order valence-electron chi connectivity index (χ1n) is 10.3. The number of benzene rings is 2. The predicted molar refractivity (Wildman–Crippen MR) is 133 cm³/mol. The van der Waals surface area contributed by atoms with E-state index in [-0.39, 0.29) is 4.21 Å². The molecule has 32 heavy (non-hydrogen) atoms. The lowest BCUT2D eigenvalue weighted by atomic mass is 10.1. The molecule has 1 aliphatic rings. The van der Waals surface area contributed by atoms with Crippen LogP contribution in [0, 0.1) is 0 Å². The van der Waals surface area contributed by atoms with E-state index in [1.54, 1.807) is 37.4 Å². The van der Waals surface area contributed by atoms with Crippen molar-refractivity contribution in [2.75, 3.05) is 29.8 Å². The van der Waals surface area contributed by atoms with Crippen molar-refractivity contribution in [3.05, 3.63) is 59.6 Å². The highest BCUT2D eigenvalue weighted by Gasteiger charge is 2.24. The molecule has 6 nitrogen and oxygen atoms in total. The van der Waals surface area contributed by atoms with Crippen LogP contribution >= 0.6 is 22.9 Å². The molecular formula is C23H26ClN3O3S2. The SMILES string of the molecule is COc1ccc(NS(=O)(=O)c2ccc(-c3ccc(Cl)cc3)s2)cc1N1C[C@@H](C)N[C@@H](C)C1. The number of ether oxygens (including phenoxy) is 1. The Hall–Kier alpha value is -2.26. The van der Waals surface area contributed by atoms with E-state index in [0.717, 1.165) is 35.0 Å². The summed E-state index contributed by atoms with van der Waals surface area (Å²) in [5.74, 6) is 0.718. The molecule has 1 fully saturated rings. The van der Waals surface area contributed by atoms with Crippen LogP contribution in [0.2, 0.25) is 5.02 Å². The largest absolute Gasteiger partial charge is 0.495 e. The summed E-state index contributed by atoms with van der Waals surface area (Å²) in [6, 6.07) is 16.8. The van der Waals surface area contributed by atoms with Gasteiger partial charge in [0.2, 0.25) is 0 Å². The van der Waals surface area contributed by atoms with Crippen molar-refractivity contribution in [1.29, 1.82) is 0 Å². The van der Waals surface area contributed by atoms with Crippen LogP contribution < -0.4 is 19.7 Å². The monoisotopic (exact) mass is 491 g/mol. The Bertz CT molecular complexity index is 1190. The van der Waals surface area contributed by atoms with Crippen molar-refractivity contribution >= 4 is 44.3 Å². The van der Waals surface area contributed by atoms with Gasteiger partial charge >= 0.3 is 0 Å². The van der Waals surface area contributed by atoms with Crippen LogP contribution in [0.5, 0.6) is 5.75 Å². The molecule has 0 amide bonds. The molecule has 1 aromatic heterocycles. The zero-order valence-corrected chi connectivity index (χ0v) is 20.5. The van der Waals surface area contributed by atoms with Gasteiger partial charge in [-0.15, -0.1) is 11.3 Å². The summed E-state index contributed by atoms with van der Waals surface area (Å²) >= 11 is 7.18. The minimum Gasteiger partial charge on any atom is -0.495 e. The summed E-state index contributed by atoms with van der Waals surface area (Å²) in [7, 11) is -2.10. The van der Waals surface area contributed by atoms with Crippen LogP contribution in [0.1, 0.15) is 13.8 Å². The summed E-state index contributed by atoms with van der Waals surface area (Å²) < 4.78 is 34.7. The van der Waals surface area contributed by atoms with E-state index in [1.807, 2.05) is 24.3 Å². The minimum atomic E-state index is -3.73. The number of nitrogens with one attached hydrogen (secondary N) is 2. The molecule has 0 bridgehead atoms. The second-order valence-corrected chi connectivity index (χ2v) is 11.4. The summed E-state index contributed by atoms with van der Waals surface area (Å²) in [6.07, 6.45) is 0. The second kappa shape index (κ2) is 9.31. The fourth-order valence-corrected chi connectivity index (χ4v) is 6.45. The smallest absolute Gasteiger partial charge is 0.271 e. The lowest BCUT2D eigenvalue weighted by Gasteiger charge is -2.38. The second-order valence-electron chi connectivity index (χ2n) is 7.99. The van der Waals surface area contributed by atoms with E-state index in [1.165, 1.54) is 11.3 Å². The lowest BCUT2D eigenvalue weighted by Crippen LogP contribution is -2.54. The van der Waals surface area contributed by atoms with E-state index in [0.29, 0.717) is 22.8 Å². The standard InChI is InChI=1S/C23H26ClN3O3S2/c1-15-13-27(14-16(2)25-15)20-12-19(8-9-21(20)30-3)26-32(28,29)23-11-10-22(31-23)17-4-6-18(24)7-5-17/h4-12,15-16,25-26H,13-14H2,1-3H3/t15-,16+. The highest BCUT2D eigenvalue weighted by Crippen LogP contribution is 2.35. The first-order chi connectivity index (χ1) is 15.2. The van der Waals surface area contributed by atoms with E-state index in [9.17, 15) is 8.42 Å². The quantitative estimate of drug-likeness (QED) is 0.504. The molecule has 3 aromatic rings. The zero-order chi connectivity index (χ0) is 22.9. The van der Waals surface area contributed by atoms with Gasteiger partial charge in [-0.1, -0.05) is 23.7 Å². The van der Waals surface area contributed by atoms with E-state index in [4.69, 9.17) is 16.3 Å². The van der Waals surface area contributed by atoms with Gasteiger partial charge in [-0.3, -0.25) is 4.72 Å². The third-order valence-electron chi connectivity index (χ3n) is 5.30. The van der Waals surface area contributed by atoms with E-state index in [2.05, 4.69) is 28.8 Å². The molecular weight excluding hydrogens is 466 g/mol. The Morgan fingerprint density at radius 1 is 1.06 bits per heavy atom. The van der Waals surface area contributed by atoms with Gasteiger partial charge in [0.25, 0.3) is 10.0 Å². The molecule has 170 valence electrons. The number of methoxy groups -OCH3 is 1. The van der Waals surface area contributed by atoms with Gasteiger partial charge in [-0.05, 0) is 61.9 Å². The average Bonchev–Trinajstić information content (AvgIpc) is 3.25. The van der Waals surface area contributed by atoms with Crippen molar-refractivity contribution in [2.24, 2.45) is 0 Å². The van der Waals surface area contributed by atoms with Crippen LogP contribution in [-0.4, -0.2) is 40.7 Å². The average molecular weight is 492 g/mol. The van der Waals surface area contributed by atoms with Gasteiger partial charge in [0.15, 0.2) is 0 Å². The number of rotatable bonds is 6. The summed E-state index contributed by atoms with van der Waals surface area (Å²) in [6.45, 7) is 5.89. The Labute approximate surface area is 198 Å². The number of hydrogen-bond donors (Lipinski definition) is 2. The van der Waals surface area contributed by atoms with Crippen molar-refractivity contribution in [3.63, 3.8) is 0 Å². The molecule has 9 heteroatoms. The number of sulfonamides is 1. The van der Waals surface area contributed by atoms with E-state index < -0.39 is 10.0 Å². The van der Waals surface area contributed by atoms with Crippen molar-refractivity contribution < 1.29 is 13.2 Å². The predicted octanol–water partition coefficient (Wildman–Crippen LogP) is 5.06. The molecule has 0 saturated carbocycles. The molecule has 0 radical (unpaired) electrons. The number of anilines is 2. The molecule has 2 aromatic carbocycles. The highest BCUT2D eigenvalue weighted by atomic mass is 35.5. The number of nitrogens with zero attached hydrogens (tertiary/aromatic N) is 1. The maximum absolute atomic E-state index is 13.1. The molecule has 0 spiro atoms. The third kappa shape index (κ3) is 5.04. The Morgan fingerprint density at radius 2 is 1.75 bits per heavy atom. The molecule has 0 unspecified atom stereocenters. The van der Waals surface area contributed by atoms with Gasteiger partial charge in [0, 0.05) is 35.1 Å². The van der Waals surface area contributed by atoms with Crippen molar-refractivity contribution in [3.8, 4) is 16.2 Å². The summed E-state index contributed by atoms with van der Waals surface area (Å²) in [4.78, 5) is 3.09. The van der Waals surface area contributed by atoms with Crippen LogP contribution in [0.25, 0.3) is 10.4 Å². The van der Waals surface area contributed by atoms with Crippen LogP contribution in [0.3, 0.4) is 0 Å². The number of halogens is 1. The number of piperazine rings is 1. The lowest BCUT2D eigenvalue weighted by molar-refractivity contribution is 0.391. The normalized spacial score (nSPS) is 19.1. The Balaban J connectivity index is 1.59. The van der Waals surface area contributed by atoms with Crippen LogP contribution in [-0.2, 0) is 10.0 Å². The number of hydrogen-bond acceptors (Lipinski definition) is 6. The molecule has 1 aliphatic heterocycles. The minimum absolute atomic E-state index is 0.254. The molecule has 2 heterocycles. The maximum atomic E-state index is 13.1. The first kappa shape index (κ1) is 22.9. The summed E-state index contributed by atoms with van der Waals surface area (Å²) in [5.41, 5.74) is 2.30. The number of thiophene rings is 1. The highest BCUT2D eigenvalue weighted by molar-refractivity contribution is 7.94. The molecule has 4 rings (SSSR count). The van der Waals surface area contributed by atoms with Crippen LogP contribution in [0.15, 0.2) is 58.8 Å². The maximum Gasteiger partial charge on any atom is 0.271 e. The van der Waals surface area contributed by atoms with E-state index >= 15 is 0 Å². The van der Waals surface area contributed by atoms with Crippen molar-refractivity contribution in [2.45, 2.75) is 30.1 Å². The topological polar surface area (TPSA) is 70.7 Å². The molecule has 2 N–H and O–H groups in total. The molecule has 2 atom stereocenters. The van der Waals surface area contributed by atoms with Crippen molar-refractivity contribution in [1.82, 2.24) is 5.32 Å². The Kier molecular flexibility index (Phi) is 6.67. The third-order valence-corrected chi connectivity index (χ3v) is 8.56. The van der Waals surface area contributed by atoms with Crippen LogP contribution in [0.4, 0.5) is 11.4 Å².